The first-order valence-electron chi connectivity index (χ1n) is 25.5. The Morgan fingerprint density at radius 1 is 0.696 bits per heavy atom. The number of halogens is 3. The third-order valence-electron chi connectivity index (χ3n) is 14.1. The number of ether oxygens (including phenoxy) is 1. The summed E-state index contributed by atoms with van der Waals surface area (Å²) in [6.45, 7) is 11.1. The minimum Gasteiger partial charge on any atom is -0.465 e. The molecule has 0 aliphatic carbocycles. The van der Waals surface area contributed by atoms with Gasteiger partial charge in [-0.15, -0.1) is 22.7 Å². The van der Waals surface area contributed by atoms with Gasteiger partial charge < -0.3 is 14.5 Å². The fraction of sp³-hybridized carbons (Fsp3) is 0.500. The third-order valence-corrected chi connectivity index (χ3v) is 16.5. The van der Waals surface area contributed by atoms with E-state index in [0.29, 0.717) is 4.88 Å². The summed E-state index contributed by atoms with van der Waals surface area (Å²) in [5.74, 6) is -0.671. The molecule has 4 heterocycles. The van der Waals surface area contributed by atoms with Gasteiger partial charge in [-0.25, -0.2) is 0 Å². The first-order valence-corrected chi connectivity index (χ1v) is 27.2. The van der Waals surface area contributed by atoms with E-state index in [1.165, 1.54) is 139 Å². The van der Waals surface area contributed by atoms with Crippen LogP contribution in [-0.4, -0.2) is 26.3 Å². The second kappa shape index (κ2) is 25.0. The van der Waals surface area contributed by atoms with Crippen molar-refractivity contribution < 1.29 is 17.9 Å². The molecule has 0 saturated carbocycles. The van der Waals surface area contributed by atoms with Gasteiger partial charge in [0.15, 0.2) is 11.3 Å². The summed E-state index contributed by atoms with van der Waals surface area (Å²) in [4.78, 5) is 9.23. The van der Waals surface area contributed by atoms with Gasteiger partial charge in [0.1, 0.15) is 23.8 Å². The number of hydrogen-bond donors (Lipinski definition) is 0. The van der Waals surface area contributed by atoms with E-state index >= 15 is 13.2 Å². The van der Waals surface area contributed by atoms with Crippen LogP contribution in [0.1, 0.15) is 166 Å². The normalized spacial score (nSPS) is 16.2. The molecule has 0 spiro atoms. The van der Waals surface area contributed by atoms with E-state index in [0.717, 1.165) is 75.0 Å². The molecule has 2 aliphatic heterocycles. The lowest BCUT2D eigenvalue weighted by Crippen LogP contribution is -2.46. The van der Waals surface area contributed by atoms with Crippen molar-refractivity contribution in [3.05, 3.63) is 111 Å². The first-order chi connectivity index (χ1) is 33.5. The first kappa shape index (κ1) is 53.1. The van der Waals surface area contributed by atoms with Gasteiger partial charge in [-0.2, -0.15) is 29.0 Å². The second-order valence-corrected chi connectivity index (χ2v) is 20.9. The molecule has 0 radical (unpaired) electrons. The Bertz CT molecular complexity index is 2500. The number of allylic oxidation sites excluding steroid dienone is 2. The lowest BCUT2D eigenvalue weighted by molar-refractivity contribution is -0.249. The van der Waals surface area contributed by atoms with Crippen LogP contribution in [0, 0.1) is 34.0 Å². The standard InChI is InChI=1S/C58H70F3N5OS2/c1-6-10-14-18-25-37-66(36-24-17-13-9-4)46-30-28-43(29-31-46)52-39-50-54(69-52)55-51(65(5)56(50,34-22-15-11-7-2)35-23-16-12-8-3)38-47(68-55)32-33-49-48(42-64)53(44(40-62)41-63)67-57(49,58(59,60)61)45-26-20-19-21-27-45/h19-21,26-33,38-39H,6-18,22-25,34-37H2,1-5H3/b33-32+. The zero-order chi connectivity index (χ0) is 49.4. The molecule has 0 bridgehead atoms. The van der Waals surface area contributed by atoms with Gasteiger partial charge in [0.25, 0.3) is 5.60 Å². The number of hydrogen-bond acceptors (Lipinski definition) is 8. The zero-order valence-corrected chi connectivity index (χ0v) is 43.1. The fourth-order valence-corrected chi connectivity index (χ4v) is 12.7. The van der Waals surface area contributed by atoms with Crippen molar-refractivity contribution in [1.82, 2.24) is 0 Å². The summed E-state index contributed by atoms with van der Waals surface area (Å²) in [5, 5.41) is 30.0. The van der Waals surface area contributed by atoms with Gasteiger partial charge in [-0.05, 0) is 67.2 Å². The number of nitriles is 3. The lowest BCUT2D eigenvalue weighted by atomic mass is 9.76. The Morgan fingerprint density at radius 2 is 1.26 bits per heavy atom. The van der Waals surface area contributed by atoms with Crippen molar-refractivity contribution >= 4 is 40.1 Å². The SMILES string of the molecule is CCCCCCCN(CCCCCC)c1ccc(-c2cc3c(s2)-c2sc(/C=C/C4=C(C#N)C(=C(C#N)C#N)OC4(c4ccccc4)C(F)(F)F)cc2N(C)C3(CCCCCC)CCCCCC)cc1. The highest BCUT2D eigenvalue weighted by molar-refractivity contribution is 7.25. The van der Waals surface area contributed by atoms with Crippen molar-refractivity contribution in [3.8, 4) is 38.4 Å². The number of unbranched alkanes of at least 4 members (excludes halogenated alkanes) is 13. The molecule has 1 unspecified atom stereocenters. The highest BCUT2D eigenvalue weighted by Gasteiger charge is 2.65. The monoisotopic (exact) mass is 973 g/mol. The topological polar surface area (TPSA) is 87.1 Å². The minimum atomic E-state index is -5.07. The Labute approximate surface area is 418 Å². The summed E-state index contributed by atoms with van der Waals surface area (Å²) < 4.78 is 52.8. The maximum absolute atomic E-state index is 15.7. The maximum Gasteiger partial charge on any atom is 0.437 e. The van der Waals surface area contributed by atoms with Gasteiger partial charge in [0, 0.05) is 46.7 Å². The van der Waals surface area contributed by atoms with Gasteiger partial charge >= 0.3 is 6.18 Å². The van der Waals surface area contributed by atoms with Gasteiger partial charge in [-0.3, -0.25) is 0 Å². The Balaban J connectivity index is 1.46. The van der Waals surface area contributed by atoms with E-state index in [1.54, 1.807) is 35.6 Å². The molecule has 69 heavy (non-hydrogen) atoms. The molecule has 1 atom stereocenters. The molecule has 11 heteroatoms. The highest BCUT2D eigenvalue weighted by Crippen LogP contribution is 2.59. The van der Waals surface area contributed by atoms with Crippen LogP contribution in [0.3, 0.4) is 0 Å². The molecule has 0 N–H and O–H groups in total. The molecule has 2 aliphatic rings. The molecule has 366 valence electrons. The Kier molecular flexibility index (Phi) is 19.2. The summed E-state index contributed by atoms with van der Waals surface area (Å²) in [7, 11) is 2.19. The lowest BCUT2D eigenvalue weighted by Gasteiger charge is -2.47. The van der Waals surface area contributed by atoms with E-state index in [9.17, 15) is 15.8 Å². The quantitative estimate of drug-likeness (QED) is 0.0460. The van der Waals surface area contributed by atoms with Crippen LogP contribution < -0.4 is 9.80 Å². The Hall–Kier alpha value is -5.28. The largest absolute Gasteiger partial charge is 0.465 e. The molecule has 6 rings (SSSR count). The molecule has 0 saturated heterocycles. The van der Waals surface area contributed by atoms with Crippen LogP contribution in [-0.2, 0) is 15.9 Å². The molecule has 4 aromatic rings. The third kappa shape index (κ3) is 11.7. The van der Waals surface area contributed by atoms with Crippen LogP contribution >= 0.6 is 22.7 Å². The number of nitrogens with zero attached hydrogens (tertiary/aromatic N) is 5. The molecule has 2 aromatic heterocycles. The summed E-state index contributed by atoms with van der Waals surface area (Å²) in [6, 6.07) is 26.0. The van der Waals surface area contributed by atoms with Crippen molar-refractivity contribution in [2.24, 2.45) is 0 Å². The summed E-state index contributed by atoms with van der Waals surface area (Å²) in [6.07, 6.45) is 20.1. The number of thiophene rings is 2. The van der Waals surface area contributed by atoms with E-state index in [4.69, 9.17) is 4.74 Å². The molecular formula is C58H70F3N5OS2. The van der Waals surface area contributed by atoms with E-state index < -0.39 is 34.3 Å². The minimum absolute atomic E-state index is 0.262. The number of fused-ring (bicyclic) bond motifs is 3. The van der Waals surface area contributed by atoms with Crippen LogP contribution in [0.15, 0.2) is 95.3 Å². The highest BCUT2D eigenvalue weighted by atomic mass is 32.1. The van der Waals surface area contributed by atoms with Crippen LogP contribution in [0.4, 0.5) is 24.5 Å². The number of benzene rings is 2. The van der Waals surface area contributed by atoms with E-state index in [2.05, 4.69) is 80.9 Å². The van der Waals surface area contributed by atoms with Gasteiger partial charge in [0.2, 0.25) is 0 Å². The smallest absolute Gasteiger partial charge is 0.437 e. The van der Waals surface area contributed by atoms with Crippen LogP contribution in [0.2, 0.25) is 0 Å². The molecule has 2 aromatic carbocycles. The predicted octanol–water partition coefficient (Wildman–Crippen LogP) is 17.7. The average Bonchev–Trinajstić information content (AvgIpc) is 4.09. The molecule has 0 amide bonds. The predicted molar refractivity (Wildman–Crippen MR) is 281 cm³/mol. The number of anilines is 2. The Morgan fingerprint density at radius 3 is 1.81 bits per heavy atom. The van der Waals surface area contributed by atoms with Crippen LogP contribution in [0.5, 0.6) is 0 Å². The van der Waals surface area contributed by atoms with Gasteiger partial charge in [0.05, 0.1) is 21.0 Å². The van der Waals surface area contributed by atoms with Crippen molar-refractivity contribution in [2.45, 2.75) is 167 Å². The zero-order valence-electron chi connectivity index (χ0n) is 41.4. The van der Waals surface area contributed by atoms with Gasteiger partial charge in [-0.1, -0.05) is 173 Å². The van der Waals surface area contributed by atoms with Crippen LogP contribution in [0.25, 0.3) is 26.3 Å². The summed E-state index contributed by atoms with van der Waals surface area (Å²) in [5.41, 5.74) is -0.526. The van der Waals surface area contributed by atoms with Crippen molar-refractivity contribution in [2.75, 3.05) is 29.9 Å². The number of rotatable bonds is 26. The molecule has 6 nitrogen and oxygen atoms in total. The maximum atomic E-state index is 15.7. The fourth-order valence-electron chi connectivity index (χ4n) is 10.2. The van der Waals surface area contributed by atoms with E-state index in [-0.39, 0.29) is 11.1 Å². The second-order valence-electron chi connectivity index (χ2n) is 18.7. The average molecular weight is 974 g/mol. The van der Waals surface area contributed by atoms with Crippen molar-refractivity contribution in [3.63, 3.8) is 0 Å². The molecule has 0 fully saturated rings. The molecular weight excluding hydrogens is 904 g/mol. The number of alkyl halides is 3. The summed E-state index contributed by atoms with van der Waals surface area (Å²) >= 11 is 3.33. The van der Waals surface area contributed by atoms with E-state index in [1.807, 2.05) is 6.07 Å². The van der Waals surface area contributed by atoms with Crippen molar-refractivity contribution in [1.29, 1.82) is 15.8 Å².